The first-order valence-electron chi connectivity index (χ1n) is 16.2. The van der Waals surface area contributed by atoms with Crippen LogP contribution in [0.25, 0.3) is 11.1 Å². The number of pyridine rings is 1. The second-order valence-corrected chi connectivity index (χ2v) is 13.0. The summed E-state index contributed by atoms with van der Waals surface area (Å²) in [6.07, 6.45) is -1.35. The zero-order chi connectivity index (χ0) is 38.7. The van der Waals surface area contributed by atoms with Crippen molar-refractivity contribution < 1.29 is 44.7 Å². The molecule has 0 spiro atoms. The molecule has 0 bridgehead atoms. The fraction of sp³-hybridized carbons (Fsp3) is 0.243. The molecule has 3 atom stereocenters. The smallest absolute Gasteiger partial charge is 0.366 e. The predicted octanol–water partition coefficient (Wildman–Crippen LogP) is 6.29. The monoisotopic (exact) mass is 751 g/mol. The number of nitrogens with one attached hydrogen (secondary N) is 1. The number of aryl methyl sites for hydroxylation is 1. The highest BCUT2D eigenvalue weighted by Gasteiger charge is 2.68. The Labute approximate surface area is 300 Å². The number of aromatic nitrogens is 5. The number of carbonyl (C=O) groups excluding carboxylic acids is 2. The minimum atomic E-state index is -5.08. The molecule has 2 amide bonds. The van der Waals surface area contributed by atoms with Crippen molar-refractivity contribution in [2.45, 2.75) is 50.4 Å². The third-order valence-electron chi connectivity index (χ3n) is 9.08. The van der Waals surface area contributed by atoms with Crippen molar-refractivity contribution >= 4 is 11.8 Å². The van der Waals surface area contributed by atoms with Crippen molar-refractivity contribution in [3.8, 4) is 23.0 Å². The largest absolute Gasteiger partial charge is 0.435 e. The van der Waals surface area contributed by atoms with E-state index in [-0.39, 0.29) is 34.6 Å². The third kappa shape index (κ3) is 6.98. The zero-order valence-electron chi connectivity index (χ0n) is 27.8. The Balaban J connectivity index is 1.34. The number of benzene rings is 2. The van der Waals surface area contributed by atoms with Gasteiger partial charge in [-0.15, -0.1) is 0 Å². The molecule has 3 aromatic heterocycles. The molecule has 0 radical (unpaired) electrons. The molecule has 0 aliphatic heterocycles. The van der Waals surface area contributed by atoms with Gasteiger partial charge in [0.05, 0.1) is 17.3 Å². The second kappa shape index (κ2) is 13.3. The minimum Gasteiger partial charge on any atom is -0.366 e. The number of rotatable bonds is 8. The van der Waals surface area contributed by atoms with E-state index in [1.54, 1.807) is 19.2 Å². The maximum Gasteiger partial charge on any atom is 0.435 e. The maximum atomic E-state index is 15.3. The van der Waals surface area contributed by atoms with Crippen LogP contribution in [-0.4, -0.2) is 36.5 Å². The summed E-state index contributed by atoms with van der Waals surface area (Å²) in [5, 5.41) is 5.94. The molecule has 2 aliphatic carbocycles. The average Bonchev–Trinajstić information content (AvgIpc) is 3.74. The van der Waals surface area contributed by atoms with E-state index in [0.29, 0.717) is 16.3 Å². The first-order valence-corrected chi connectivity index (χ1v) is 16.2. The molecule has 1 fully saturated rings. The van der Waals surface area contributed by atoms with Gasteiger partial charge in [0, 0.05) is 47.3 Å². The molecule has 7 rings (SSSR count). The zero-order valence-corrected chi connectivity index (χ0v) is 27.8. The number of nitrogens with zero attached hydrogens (tertiary/aromatic N) is 5. The molecular weight excluding hydrogens is 726 g/mol. The van der Waals surface area contributed by atoms with Crippen LogP contribution >= 0.6 is 0 Å². The first kappa shape index (κ1) is 36.2. The Bertz CT molecular complexity index is 2400. The number of nitrogens with two attached hydrogens (primary N) is 1. The van der Waals surface area contributed by atoms with Gasteiger partial charge in [-0.3, -0.25) is 19.3 Å². The normalized spacial score (nSPS) is 17.2. The van der Waals surface area contributed by atoms with Crippen molar-refractivity contribution in [2.75, 3.05) is 0 Å². The van der Waals surface area contributed by atoms with E-state index < -0.39 is 94.7 Å². The summed E-state index contributed by atoms with van der Waals surface area (Å²) in [5.41, 5.74) is 2.98. The quantitative estimate of drug-likeness (QED) is 0.142. The lowest BCUT2D eigenvalue weighted by Gasteiger charge is -2.22. The van der Waals surface area contributed by atoms with Gasteiger partial charge in [-0.1, -0.05) is 12.0 Å². The molecule has 0 saturated heterocycles. The molecule has 5 aromatic rings. The van der Waals surface area contributed by atoms with E-state index in [4.69, 9.17) is 5.73 Å². The SMILES string of the molecule is Cc1cncc(C#Cc2ncc(-c3ccc(F)c(C(N)=O)c3)c([C@H](Cc3cc(F)cc(F)c3)NC(=O)Cn3nc(C(F)(F)F)c4c3C(F)(F)[C@@H]3C[C@H]43)n2)c1. The van der Waals surface area contributed by atoms with E-state index in [9.17, 15) is 35.9 Å². The molecular formula is C37H25F8N7O2. The van der Waals surface area contributed by atoms with Gasteiger partial charge in [0.1, 0.15) is 29.7 Å². The summed E-state index contributed by atoms with van der Waals surface area (Å²) >= 11 is 0. The van der Waals surface area contributed by atoms with Gasteiger partial charge in [0.15, 0.2) is 5.69 Å². The van der Waals surface area contributed by atoms with E-state index >= 15 is 8.78 Å². The molecule has 0 unspecified atom stereocenters. The van der Waals surface area contributed by atoms with Gasteiger partial charge in [-0.2, -0.15) is 27.1 Å². The summed E-state index contributed by atoms with van der Waals surface area (Å²) in [6.45, 7) is 0.690. The van der Waals surface area contributed by atoms with Gasteiger partial charge in [-0.05, 0) is 78.6 Å². The molecule has 9 nitrogen and oxygen atoms in total. The number of amides is 2. The Morgan fingerprint density at radius 2 is 1.78 bits per heavy atom. The third-order valence-corrected chi connectivity index (χ3v) is 9.08. The van der Waals surface area contributed by atoms with Gasteiger partial charge >= 0.3 is 6.18 Å². The molecule has 276 valence electrons. The number of hydrogen-bond acceptors (Lipinski definition) is 6. The number of primary amides is 1. The van der Waals surface area contributed by atoms with Crippen LogP contribution < -0.4 is 11.1 Å². The lowest BCUT2D eigenvalue weighted by atomic mass is 9.95. The van der Waals surface area contributed by atoms with Gasteiger partial charge in [-0.25, -0.2) is 23.1 Å². The molecule has 3 N–H and O–H groups in total. The second-order valence-electron chi connectivity index (χ2n) is 13.0. The topological polar surface area (TPSA) is 129 Å². The van der Waals surface area contributed by atoms with Crippen molar-refractivity contribution in [3.05, 3.63) is 129 Å². The van der Waals surface area contributed by atoms with Crippen molar-refractivity contribution in [3.63, 3.8) is 0 Å². The van der Waals surface area contributed by atoms with Crippen LogP contribution in [0.3, 0.4) is 0 Å². The maximum absolute atomic E-state index is 15.3. The molecule has 2 aliphatic rings. The highest BCUT2D eigenvalue weighted by atomic mass is 19.4. The lowest BCUT2D eigenvalue weighted by molar-refractivity contribution is -0.142. The standard InChI is InChI=1S/C37H25F8N7O2/c1-17-6-18(14-47-13-17)2-5-29-48-15-25(20-3-4-27(40)24(10-20)35(46)54)32(50-29)28(9-19-7-21(38)11-22(39)8-19)49-30(53)16-52-34-31(33(51-52)37(43,44)45)23-12-26(23)36(34,41)42/h3-4,6-8,10-11,13-15,23,26,28H,9,12,16H2,1H3,(H2,46,54)(H,49,53)/t23-,26+,28-/m0/s1. The van der Waals surface area contributed by atoms with E-state index in [1.807, 2.05) is 0 Å². The fourth-order valence-corrected chi connectivity index (χ4v) is 6.73. The fourth-order valence-electron chi connectivity index (χ4n) is 6.73. The highest BCUT2D eigenvalue weighted by Crippen LogP contribution is 2.68. The Hall–Kier alpha value is -6.18. The summed E-state index contributed by atoms with van der Waals surface area (Å²) in [7, 11) is 0. The molecule has 3 heterocycles. The Morgan fingerprint density at radius 3 is 2.46 bits per heavy atom. The van der Waals surface area contributed by atoms with E-state index in [1.165, 1.54) is 18.5 Å². The van der Waals surface area contributed by atoms with Crippen LogP contribution in [0.5, 0.6) is 0 Å². The Kier molecular flexibility index (Phi) is 8.94. The molecule has 17 heteroatoms. The van der Waals surface area contributed by atoms with Crippen LogP contribution in [0.15, 0.2) is 61.1 Å². The van der Waals surface area contributed by atoms with Crippen molar-refractivity contribution in [1.82, 2.24) is 30.0 Å². The molecule has 54 heavy (non-hydrogen) atoms. The molecule has 1 saturated carbocycles. The van der Waals surface area contributed by atoms with Crippen molar-refractivity contribution in [2.24, 2.45) is 11.7 Å². The van der Waals surface area contributed by atoms with Gasteiger partial charge in [0.2, 0.25) is 11.7 Å². The van der Waals surface area contributed by atoms with Crippen LogP contribution in [0, 0.1) is 42.1 Å². The summed E-state index contributed by atoms with van der Waals surface area (Å²) < 4.78 is 116. The van der Waals surface area contributed by atoms with E-state index in [0.717, 1.165) is 29.8 Å². The molecule has 2 aromatic carbocycles. The van der Waals surface area contributed by atoms with Crippen molar-refractivity contribution in [1.29, 1.82) is 0 Å². The first-order chi connectivity index (χ1) is 25.5. The van der Waals surface area contributed by atoms with E-state index in [2.05, 4.69) is 37.2 Å². The summed E-state index contributed by atoms with van der Waals surface area (Å²) in [5.74, 6) is -5.79. The number of carbonyl (C=O) groups is 2. The van der Waals surface area contributed by atoms with Crippen LogP contribution in [0.2, 0.25) is 0 Å². The minimum absolute atomic E-state index is 0.0243. The van der Waals surface area contributed by atoms with Crippen LogP contribution in [-0.2, 0) is 29.9 Å². The highest BCUT2D eigenvalue weighted by molar-refractivity contribution is 5.94. The van der Waals surface area contributed by atoms with Crippen LogP contribution in [0.1, 0.15) is 73.9 Å². The van der Waals surface area contributed by atoms with Gasteiger partial charge in [0.25, 0.3) is 11.8 Å². The predicted molar refractivity (Wildman–Crippen MR) is 174 cm³/mol. The Morgan fingerprint density at radius 1 is 1.04 bits per heavy atom. The van der Waals surface area contributed by atoms with Gasteiger partial charge < -0.3 is 11.1 Å². The summed E-state index contributed by atoms with van der Waals surface area (Å²) in [4.78, 5) is 38.6. The average molecular weight is 752 g/mol. The summed E-state index contributed by atoms with van der Waals surface area (Å²) in [6, 6.07) is 6.10. The number of halogens is 8. The number of hydrogen-bond donors (Lipinski definition) is 2. The number of fused-ring (bicyclic) bond motifs is 3. The number of alkyl halides is 5. The lowest BCUT2D eigenvalue weighted by Crippen LogP contribution is -2.35. The van der Waals surface area contributed by atoms with Crippen LogP contribution in [0.4, 0.5) is 35.1 Å².